The molecule has 1 unspecified atom stereocenters. The lowest BCUT2D eigenvalue weighted by Gasteiger charge is -2.47. The SMILES string of the molecule is C=C(C)C(=O)OCCN1c2ccccc2C(C)(C)C12C=Cc1cc(Br)ccc1O2. The van der Waals surface area contributed by atoms with Gasteiger partial charge in [-0.1, -0.05) is 40.7 Å². The first-order chi connectivity index (χ1) is 13.8. The molecular weight excluding hydrogens is 430 g/mol. The van der Waals surface area contributed by atoms with E-state index in [4.69, 9.17) is 9.47 Å². The first kappa shape index (κ1) is 19.8. The molecule has 0 bridgehead atoms. The molecule has 0 saturated heterocycles. The molecule has 0 N–H and O–H groups in total. The molecule has 1 atom stereocenters. The number of hydrogen-bond acceptors (Lipinski definition) is 4. The predicted molar refractivity (Wildman–Crippen MR) is 119 cm³/mol. The zero-order valence-corrected chi connectivity index (χ0v) is 18.5. The third kappa shape index (κ3) is 3.08. The number of ether oxygens (including phenoxy) is 2. The van der Waals surface area contributed by atoms with E-state index in [1.165, 1.54) is 5.56 Å². The summed E-state index contributed by atoms with van der Waals surface area (Å²) < 4.78 is 13.1. The molecule has 2 aromatic carbocycles. The fourth-order valence-electron chi connectivity index (χ4n) is 4.21. The lowest BCUT2D eigenvalue weighted by molar-refractivity contribution is -0.138. The van der Waals surface area contributed by atoms with E-state index in [-0.39, 0.29) is 18.0 Å². The first-order valence-corrected chi connectivity index (χ1v) is 10.4. The highest BCUT2D eigenvalue weighted by molar-refractivity contribution is 9.10. The number of rotatable bonds is 4. The Hall–Kier alpha value is -2.53. The van der Waals surface area contributed by atoms with Crippen LogP contribution in [-0.2, 0) is 14.9 Å². The summed E-state index contributed by atoms with van der Waals surface area (Å²) in [6, 6.07) is 14.3. The Morgan fingerprint density at radius 1 is 1.24 bits per heavy atom. The molecule has 150 valence electrons. The average molecular weight is 454 g/mol. The van der Waals surface area contributed by atoms with Gasteiger partial charge in [0.25, 0.3) is 0 Å². The number of para-hydroxylation sites is 1. The van der Waals surface area contributed by atoms with Gasteiger partial charge in [-0.2, -0.15) is 0 Å². The molecule has 2 aliphatic heterocycles. The minimum absolute atomic E-state index is 0.252. The van der Waals surface area contributed by atoms with Crippen LogP contribution >= 0.6 is 15.9 Å². The Bertz CT molecular complexity index is 1030. The van der Waals surface area contributed by atoms with E-state index in [2.05, 4.69) is 71.6 Å². The maximum atomic E-state index is 11.9. The van der Waals surface area contributed by atoms with E-state index in [0.717, 1.165) is 21.5 Å². The molecule has 0 fully saturated rings. The molecule has 1 spiro atoms. The number of halogens is 1. The van der Waals surface area contributed by atoms with Gasteiger partial charge >= 0.3 is 5.97 Å². The number of hydrogen-bond donors (Lipinski definition) is 0. The van der Waals surface area contributed by atoms with Crippen molar-refractivity contribution in [2.75, 3.05) is 18.1 Å². The van der Waals surface area contributed by atoms with Crippen LogP contribution in [0.4, 0.5) is 5.69 Å². The van der Waals surface area contributed by atoms with Crippen molar-refractivity contribution in [1.82, 2.24) is 0 Å². The standard InChI is InChI=1S/C24H24BrNO3/c1-16(2)22(27)28-14-13-26-20-8-6-5-7-19(20)23(3,4)24(26)12-11-17-15-18(25)9-10-21(17)29-24/h5-12,15H,1,13-14H2,2-4H3. The molecule has 5 heteroatoms. The van der Waals surface area contributed by atoms with Gasteiger partial charge in [0.15, 0.2) is 0 Å². The summed E-state index contributed by atoms with van der Waals surface area (Å²) in [4.78, 5) is 14.1. The van der Waals surface area contributed by atoms with Gasteiger partial charge in [-0.05, 0) is 62.8 Å². The summed E-state index contributed by atoms with van der Waals surface area (Å²) in [5.74, 6) is 0.460. The number of carbonyl (C=O) groups excluding carboxylic acids is 1. The smallest absolute Gasteiger partial charge is 0.333 e. The van der Waals surface area contributed by atoms with Crippen LogP contribution in [-0.4, -0.2) is 24.8 Å². The van der Waals surface area contributed by atoms with Gasteiger partial charge in [-0.15, -0.1) is 0 Å². The van der Waals surface area contributed by atoms with E-state index in [1.54, 1.807) is 6.92 Å². The summed E-state index contributed by atoms with van der Waals surface area (Å²) in [7, 11) is 0. The highest BCUT2D eigenvalue weighted by Crippen LogP contribution is 2.54. The van der Waals surface area contributed by atoms with E-state index in [9.17, 15) is 4.79 Å². The third-order valence-electron chi connectivity index (χ3n) is 5.79. The number of benzene rings is 2. The third-order valence-corrected chi connectivity index (χ3v) is 6.28. The maximum Gasteiger partial charge on any atom is 0.333 e. The van der Waals surface area contributed by atoms with Gasteiger partial charge in [0.2, 0.25) is 5.72 Å². The van der Waals surface area contributed by atoms with Crippen molar-refractivity contribution in [3.05, 3.63) is 76.3 Å². The minimum Gasteiger partial charge on any atom is -0.463 e. The van der Waals surface area contributed by atoms with Gasteiger partial charge in [0, 0.05) is 21.3 Å². The predicted octanol–water partition coefficient (Wildman–Crippen LogP) is 5.47. The molecule has 4 nitrogen and oxygen atoms in total. The van der Waals surface area contributed by atoms with Gasteiger partial charge in [-0.25, -0.2) is 4.79 Å². The van der Waals surface area contributed by atoms with Crippen LogP contribution in [0.15, 0.2) is 65.2 Å². The number of nitrogens with zero attached hydrogens (tertiary/aromatic N) is 1. The number of esters is 1. The van der Waals surface area contributed by atoms with Crippen molar-refractivity contribution >= 4 is 33.7 Å². The first-order valence-electron chi connectivity index (χ1n) is 9.64. The Morgan fingerprint density at radius 2 is 2.00 bits per heavy atom. The zero-order valence-electron chi connectivity index (χ0n) is 16.9. The molecule has 2 aromatic rings. The number of anilines is 1. The molecule has 2 aliphatic rings. The molecule has 0 saturated carbocycles. The lowest BCUT2D eigenvalue weighted by atomic mass is 9.76. The summed E-state index contributed by atoms with van der Waals surface area (Å²) in [6.45, 7) is 10.5. The van der Waals surface area contributed by atoms with Crippen molar-refractivity contribution in [1.29, 1.82) is 0 Å². The van der Waals surface area contributed by atoms with Crippen molar-refractivity contribution in [3.8, 4) is 5.75 Å². The molecule has 0 amide bonds. The number of carbonyl (C=O) groups is 1. The Morgan fingerprint density at radius 3 is 2.76 bits per heavy atom. The monoisotopic (exact) mass is 453 g/mol. The second-order valence-electron chi connectivity index (χ2n) is 8.02. The van der Waals surface area contributed by atoms with Crippen LogP contribution in [0.3, 0.4) is 0 Å². The Labute approximate surface area is 179 Å². The minimum atomic E-state index is -0.715. The average Bonchev–Trinajstić information content (AvgIpc) is 2.87. The van der Waals surface area contributed by atoms with Crippen LogP contribution in [0.2, 0.25) is 0 Å². The van der Waals surface area contributed by atoms with Crippen LogP contribution in [0, 0.1) is 0 Å². The molecule has 29 heavy (non-hydrogen) atoms. The van der Waals surface area contributed by atoms with E-state index in [0.29, 0.717) is 12.1 Å². The largest absolute Gasteiger partial charge is 0.463 e. The molecule has 0 radical (unpaired) electrons. The molecule has 2 heterocycles. The fraction of sp³-hybridized carbons (Fsp3) is 0.292. The van der Waals surface area contributed by atoms with Crippen molar-refractivity contribution in [2.45, 2.75) is 31.9 Å². The second kappa shape index (κ2) is 7.06. The summed E-state index contributed by atoms with van der Waals surface area (Å²) in [5, 5.41) is 0. The number of fused-ring (bicyclic) bond motifs is 2. The quantitative estimate of drug-likeness (QED) is 0.454. The topological polar surface area (TPSA) is 38.8 Å². The highest BCUT2D eigenvalue weighted by Gasteiger charge is 2.58. The highest BCUT2D eigenvalue weighted by atomic mass is 79.9. The zero-order chi connectivity index (χ0) is 20.8. The van der Waals surface area contributed by atoms with Gasteiger partial charge in [0.05, 0.1) is 12.0 Å². The Balaban J connectivity index is 1.74. The van der Waals surface area contributed by atoms with E-state index < -0.39 is 5.72 Å². The van der Waals surface area contributed by atoms with Gasteiger partial charge in [-0.3, -0.25) is 0 Å². The normalized spacial score (nSPS) is 20.8. The van der Waals surface area contributed by atoms with Crippen LogP contribution < -0.4 is 9.64 Å². The Kier molecular flexibility index (Phi) is 4.82. The van der Waals surface area contributed by atoms with Gasteiger partial charge < -0.3 is 14.4 Å². The molecule has 0 aliphatic carbocycles. The van der Waals surface area contributed by atoms with Crippen LogP contribution in [0.25, 0.3) is 6.08 Å². The van der Waals surface area contributed by atoms with Crippen molar-refractivity contribution in [3.63, 3.8) is 0 Å². The maximum absolute atomic E-state index is 11.9. The molecular formula is C24H24BrNO3. The summed E-state index contributed by atoms with van der Waals surface area (Å²) in [5.41, 5.74) is 2.70. The lowest BCUT2D eigenvalue weighted by Crippen LogP contribution is -2.60. The van der Waals surface area contributed by atoms with Gasteiger partial charge in [0.1, 0.15) is 12.4 Å². The summed E-state index contributed by atoms with van der Waals surface area (Å²) >= 11 is 3.53. The van der Waals surface area contributed by atoms with Crippen molar-refractivity contribution < 1.29 is 14.3 Å². The fourth-order valence-corrected chi connectivity index (χ4v) is 4.59. The molecule has 0 aromatic heterocycles. The molecule has 4 rings (SSSR count). The van der Waals surface area contributed by atoms with E-state index >= 15 is 0 Å². The van der Waals surface area contributed by atoms with Crippen molar-refractivity contribution in [2.24, 2.45) is 0 Å². The summed E-state index contributed by atoms with van der Waals surface area (Å²) in [6.07, 6.45) is 4.24. The van der Waals surface area contributed by atoms with E-state index in [1.807, 2.05) is 24.3 Å². The van der Waals surface area contributed by atoms with Crippen LogP contribution in [0.5, 0.6) is 5.75 Å². The van der Waals surface area contributed by atoms with Crippen LogP contribution in [0.1, 0.15) is 31.9 Å². The second-order valence-corrected chi connectivity index (χ2v) is 8.94.